The molecule has 0 aromatic heterocycles. The van der Waals surface area contributed by atoms with E-state index >= 15 is 0 Å². The first-order chi connectivity index (χ1) is 7.45. The van der Waals surface area contributed by atoms with Crippen LogP contribution in [0.3, 0.4) is 0 Å². The molecule has 2 heteroatoms. The van der Waals surface area contributed by atoms with E-state index in [-0.39, 0.29) is 11.5 Å². The fourth-order valence-electron chi connectivity index (χ4n) is 2.33. The Morgan fingerprint density at radius 1 is 1.25 bits per heavy atom. The van der Waals surface area contributed by atoms with Gasteiger partial charge in [0.25, 0.3) is 0 Å². The number of rotatable bonds is 2. The second-order valence-electron chi connectivity index (χ2n) is 5.36. The third kappa shape index (κ3) is 1.71. The van der Waals surface area contributed by atoms with Crippen LogP contribution in [0.15, 0.2) is 12.1 Å². The lowest BCUT2D eigenvalue weighted by molar-refractivity contribution is -0.172. The Balaban J connectivity index is 2.39. The minimum absolute atomic E-state index is 0.233. The van der Waals surface area contributed by atoms with Crippen LogP contribution in [0.4, 0.5) is 0 Å². The minimum atomic E-state index is 0.233. The summed E-state index contributed by atoms with van der Waals surface area (Å²) in [6, 6.07) is 4.29. The van der Waals surface area contributed by atoms with Crippen LogP contribution in [-0.2, 0) is 4.74 Å². The Kier molecular flexibility index (Phi) is 2.70. The zero-order chi connectivity index (χ0) is 11.9. The van der Waals surface area contributed by atoms with Crippen LogP contribution in [0.1, 0.15) is 36.6 Å². The van der Waals surface area contributed by atoms with Crippen molar-refractivity contribution in [2.24, 2.45) is 5.41 Å². The molecule has 1 aromatic rings. The van der Waals surface area contributed by atoms with E-state index in [0.717, 1.165) is 12.4 Å². The van der Waals surface area contributed by atoms with Crippen LogP contribution in [0, 0.1) is 19.3 Å². The average molecular weight is 220 g/mol. The number of hydrogen-bond acceptors (Lipinski definition) is 2. The quantitative estimate of drug-likeness (QED) is 0.760. The Morgan fingerprint density at radius 3 is 2.38 bits per heavy atom. The predicted molar refractivity (Wildman–Crippen MR) is 64.9 cm³/mol. The molecule has 0 spiro atoms. The third-order valence-corrected chi connectivity index (χ3v) is 3.40. The molecule has 0 aliphatic carbocycles. The maximum absolute atomic E-state index is 5.70. The molecule has 1 saturated heterocycles. The molecule has 1 aromatic carbocycles. The lowest BCUT2D eigenvalue weighted by Crippen LogP contribution is -2.40. The van der Waals surface area contributed by atoms with E-state index in [1.165, 1.54) is 16.7 Å². The van der Waals surface area contributed by atoms with Gasteiger partial charge in [-0.2, -0.15) is 0 Å². The SMILES string of the molecule is COc1cc(C)c(C2OCC2(C)C)cc1C. The summed E-state index contributed by atoms with van der Waals surface area (Å²) in [5.74, 6) is 0.957. The molecule has 1 unspecified atom stereocenters. The Morgan fingerprint density at radius 2 is 1.94 bits per heavy atom. The first-order valence-electron chi connectivity index (χ1n) is 5.72. The molecule has 2 nitrogen and oxygen atoms in total. The summed E-state index contributed by atoms with van der Waals surface area (Å²) in [5, 5.41) is 0. The van der Waals surface area contributed by atoms with E-state index in [2.05, 4.69) is 39.8 Å². The van der Waals surface area contributed by atoms with Crippen LogP contribution >= 0.6 is 0 Å². The maximum atomic E-state index is 5.70. The van der Waals surface area contributed by atoms with E-state index in [0.29, 0.717) is 0 Å². The van der Waals surface area contributed by atoms with Crippen molar-refractivity contribution < 1.29 is 9.47 Å². The summed E-state index contributed by atoms with van der Waals surface area (Å²) in [4.78, 5) is 0. The van der Waals surface area contributed by atoms with Gasteiger partial charge in [0.1, 0.15) is 5.75 Å². The normalized spacial score (nSPS) is 22.7. The Bertz CT molecular complexity index is 407. The van der Waals surface area contributed by atoms with E-state index < -0.39 is 0 Å². The molecule has 16 heavy (non-hydrogen) atoms. The summed E-state index contributed by atoms with van der Waals surface area (Å²) < 4.78 is 11.0. The van der Waals surface area contributed by atoms with Gasteiger partial charge in [-0.15, -0.1) is 0 Å². The number of ether oxygens (including phenoxy) is 2. The van der Waals surface area contributed by atoms with Crippen LogP contribution < -0.4 is 4.74 Å². The molecule has 1 heterocycles. The fourth-order valence-corrected chi connectivity index (χ4v) is 2.33. The zero-order valence-electron chi connectivity index (χ0n) is 10.8. The van der Waals surface area contributed by atoms with Crippen molar-refractivity contribution in [1.82, 2.24) is 0 Å². The maximum Gasteiger partial charge on any atom is 0.122 e. The molecule has 0 saturated carbocycles. The molecule has 0 N–H and O–H groups in total. The Labute approximate surface area is 97.6 Å². The highest BCUT2D eigenvalue weighted by atomic mass is 16.5. The van der Waals surface area contributed by atoms with Crippen molar-refractivity contribution in [3.05, 3.63) is 28.8 Å². The van der Waals surface area contributed by atoms with Crippen molar-refractivity contribution >= 4 is 0 Å². The standard InChI is InChI=1S/C14H20O2/c1-9-7-12(15-5)10(2)6-11(9)13-14(3,4)8-16-13/h6-7,13H,8H2,1-5H3. The van der Waals surface area contributed by atoms with Crippen LogP contribution in [-0.4, -0.2) is 13.7 Å². The molecular weight excluding hydrogens is 200 g/mol. The molecule has 1 fully saturated rings. The molecule has 1 aliphatic rings. The van der Waals surface area contributed by atoms with Gasteiger partial charge >= 0.3 is 0 Å². The van der Waals surface area contributed by atoms with Gasteiger partial charge in [-0.25, -0.2) is 0 Å². The highest BCUT2D eigenvalue weighted by molar-refractivity contribution is 5.43. The summed E-state index contributed by atoms with van der Waals surface area (Å²) in [6.45, 7) is 9.55. The molecule has 0 amide bonds. The van der Waals surface area contributed by atoms with Crippen molar-refractivity contribution in [2.75, 3.05) is 13.7 Å². The monoisotopic (exact) mass is 220 g/mol. The Hall–Kier alpha value is -1.02. The second-order valence-corrected chi connectivity index (χ2v) is 5.36. The highest BCUT2D eigenvalue weighted by Crippen LogP contribution is 2.47. The molecule has 2 rings (SSSR count). The number of benzene rings is 1. The largest absolute Gasteiger partial charge is 0.496 e. The molecule has 88 valence electrons. The number of aryl methyl sites for hydroxylation is 2. The van der Waals surface area contributed by atoms with Crippen LogP contribution in [0.5, 0.6) is 5.75 Å². The minimum Gasteiger partial charge on any atom is -0.496 e. The first kappa shape index (κ1) is 11.5. The van der Waals surface area contributed by atoms with Crippen LogP contribution in [0.25, 0.3) is 0 Å². The molecule has 1 atom stereocenters. The van der Waals surface area contributed by atoms with Crippen molar-refractivity contribution in [3.8, 4) is 5.75 Å². The molecule has 0 radical (unpaired) electrons. The van der Waals surface area contributed by atoms with Crippen LogP contribution in [0.2, 0.25) is 0 Å². The fraction of sp³-hybridized carbons (Fsp3) is 0.571. The average Bonchev–Trinajstić information content (AvgIpc) is 2.21. The topological polar surface area (TPSA) is 18.5 Å². The summed E-state index contributed by atoms with van der Waals surface area (Å²) >= 11 is 0. The van der Waals surface area contributed by atoms with Gasteiger partial charge < -0.3 is 9.47 Å². The van der Waals surface area contributed by atoms with E-state index in [1.807, 2.05) is 0 Å². The van der Waals surface area contributed by atoms with E-state index in [4.69, 9.17) is 9.47 Å². The first-order valence-corrected chi connectivity index (χ1v) is 5.72. The highest BCUT2D eigenvalue weighted by Gasteiger charge is 2.41. The van der Waals surface area contributed by atoms with Gasteiger partial charge in [0.15, 0.2) is 0 Å². The van der Waals surface area contributed by atoms with Gasteiger partial charge in [-0.05, 0) is 42.7 Å². The predicted octanol–water partition coefficient (Wildman–Crippen LogP) is 3.41. The number of hydrogen-bond donors (Lipinski definition) is 0. The molecule has 1 aliphatic heterocycles. The zero-order valence-corrected chi connectivity index (χ0v) is 10.8. The van der Waals surface area contributed by atoms with Gasteiger partial charge in [-0.3, -0.25) is 0 Å². The van der Waals surface area contributed by atoms with E-state index in [1.54, 1.807) is 7.11 Å². The summed E-state index contributed by atoms with van der Waals surface area (Å²) in [6.07, 6.45) is 0.233. The summed E-state index contributed by atoms with van der Waals surface area (Å²) in [7, 11) is 1.71. The lowest BCUT2D eigenvalue weighted by atomic mass is 9.77. The second kappa shape index (κ2) is 3.77. The van der Waals surface area contributed by atoms with Gasteiger partial charge in [0, 0.05) is 5.41 Å². The van der Waals surface area contributed by atoms with Gasteiger partial charge in [0.2, 0.25) is 0 Å². The van der Waals surface area contributed by atoms with Crippen molar-refractivity contribution in [3.63, 3.8) is 0 Å². The van der Waals surface area contributed by atoms with Gasteiger partial charge in [-0.1, -0.05) is 13.8 Å². The van der Waals surface area contributed by atoms with Gasteiger partial charge in [0.05, 0.1) is 19.8 Å². The van der Waals surface area contributed by atoms with E-state index in [9.17, 15) is 0 Å². The summed E-state index contributed by atoms with van der Waals surface area (Å²) in [5.41, 5.74) is 3.98. The smallest absolute Gasteiger partial charge is 0.122 e. The number of methoxy groups -OCH3 is 1. The van der Waals surface area contributed by atoms with Crippen molar-refractivity contribution in [1.29, 1.82) is 0 Å². The van der Waals surface area contributed by atoms with Crippen molar-refractivity contribution in [2.45, 2.75) is 33.8 Å². The molecular formula is C14H20O2. The lowest BCUT2D eigenvalue weighted by Gasteiger charge is -2.45. The third-order valence-electron chi connectivity index (χ3n) is 3.40. The molecule has 0 bridgehead atoms.